The van der Waals surface area contributed by atoms with Gasteiger partial charge >= 0.3 is 0 Å². The molecule has 1 amide bonds. The maximum absolute atomic E-state index is 13.1. The van der Waals surface area contributed by atoms with Crippen LogP contribution in [0.2, 0.25) is 0 Å². The Morgan fingerprint density at radius 1 is 1.32 bits per heavy atom. The van der Waals surface area contributed by atoms with Crippen LogP contribution in [0.15, 0.2) is 36.2 Å². The first-order chi connectivity index (χ1) is 10.6. The van der Waals surface area contributed by atoms with Gasteiger partial charge in [-0.15, -0.1) is 0 Å². The maximum atomic E-state index is 13.1. The van der Waals surface area contributed by atoms with Crippen LogP contribution in [0.4, 0.5) is 0 Å². The summed E-state index contributed by atoms with van der Waals surface area (Å²) in [4.78, 5) is 16.6. The first kappa shape index (κ1) is 15.0. The van der Waals surface area contributed by atoms with Crippen LogP contribution in [-0.4, -0.2) is 44.4 Å². The third-order valence-electron chi connectivity index (χ3n) is 4.56. The summed E-state index contributed by atoms with van der Waals surface area (Å²) in [6.07, 6.45) is 11.3. The number of nitrogens with zero attached hydrogens (tertiary/aromatic N) is 4. The van der Waals surface area contributed by atoms with E-state index in [-0.39, 0.29) is 30.0 Å². The van der Waals surface area contributed by atoms with E-state index in [0.717, 1.165) is 18.4 Å². The van der Waals surface area contributed by atoms with Crippen molar-refractivity contribution in [1.82, 2.24) is 19.9 Å². The number of hydrogen-bond donors (Lipinski definition) is 1. The molecule has 0 radical (unpaired) electrons. The van der Waals surface area contributed by atoms with Gasteiger partial charge in [-0.1, -0.05) is 23.8 Å². The van der Waals surface area contributed by atoms with Crippen molar-refractivity contribution in [3.05, 3.63) is 36.2 Å². The second-order valence-electron chi connectivity index (χ2n) is 6.31. The molecule has 4 unspecified atom stereocenters. The standard InChI is InChI=1S/C16H23N5O/c1-11-3-6-15(21-18-7-8-19-21)14(9-11)16(22)20-10-13(17)5-4-12(20)2/h3,6-9,12-15H,4-5,10,17H2,1-2H3. The molecule has 3 rings (SSSR count). The lowest BCUT2D eigenvalue weighted by atomic mass is 9.89. The van der Waals surface area contributed by atoms with Crippen molar-refractivity contribution in [2.24, 2.45) is 11.7 Å². The zero-order valence-corrected chi connectivity index (χ0v) is 13.1. The van der Waals surface area contributed by atoms with Gasteiger partial charge in [0.1, 0.15) is 6.04 Å². The van der Waals surface area contributed by atoms with Gasteiger partial charge in [-0.25, -0.2) is 0 Å². The Kier molecular flexibility index (Phi) is 4.11. The van der Waals surface area contributed by atoms with Crippen molar-refractivity contribution in [2.75, 3.05) is 6.54 Å². The predicted octanol–water partition coefficient (Wildman–Crippen LogP) is 1.29. The van der Waals surface area contributed by atoms with Crippen molar-refractivity contribution < 1.29 is 4.79 Å². The molecule has 0 bridgehead atoms. The lowest BCUT2D eigenvalue weighted by Crippen LogP contribution is -2.52. The van der Waals surface area contributed by atoms with Gasteiger partial charge in [-0.2, -0.15) is 15.0 Å². The molecule has 0 aromatic carbocycles. The summed E-state index contributed by atoms with van der Waals surface area (Å²) in [7, 11) is 0. The zero-order chi connectivity index (χ0) is 15.7. The molecule has 118 valence electrons. The van der Waals surface area contributed by atoms with Crippen molar-refractivity contribution >= 4 is 5.91 Å². The Morgan fingerprint density at radius 3 is 2.77 bits per heavy atom. The van der Waals surface area contributed by atoms with Crippen molar-refractivity contribution in [3.8, 4) is 0 Å². The normalized spacial score (nSPS) is 32.0. The highest BCUT2D eigenvalue weighted by atomic mass is 16.2. The molecule has 2 aliphatic rings. The second-order valence-corrected chi connectivity index (χ2v) is 6.31. The monoisotopic (exact) mass is 301 g/mol. The fourth-order valence-electron chi connectivity index (χ4n) is 3.26. The molecule has 6 heteroatoms. The summed E-state index contributed by atoms with van der Waals surface area (Å²) in [5.74, 6) is -0.154. The van der Waals surface area contributed by atoms with Crippen molar-refractivity contribution in [2.45, 2.75) is 44.8 Å². The van der Waals surface area contributed by atoms with Crippen LogP contribution in [0.5, 0.6) is 0 Å². The van der Waals surface area contributed by atoms with E-state index in [9.17, 15) is 4.79 Å². The number of hydrogen-bond acceptors (Lipinski definition) is 4. The van der Waals surface area contributed by atoms with E-state index in [2.05, 4.69) is 17.1 Å². The number of aromatic nitrogens is 3. The van der Waals surface area contributed by atoms with Gasteiger partial charge in [0.2, 0.25) is 5.91 Å². The first-order valence-corrected chi connectivity index (χ1v) is 7.84. The van der Waals surface area contributed by atoms with E-state index in [1.165, 1.54) is 0 Å². The Morgan fingerprint density at radius 2 is 2.05 bits per heavy atom. The number of carbonyl (C=O) groups excluding carboxylic acids is 1. The first-order valence-electron chi connectivity index (χ1n) is 7.84. The average Bonchev–Trinajstić information content (AvgIpc) is 3.03. The Bertz CT molecular complexity index is 592. The lowest BCUT2D eigenvalue weighted by Gasteiger charge is -2.39. The third-order valence-corrected chi connectivity index (χ3v) is 4.56. The summed E-state index contributed by atoms with van der Waals surface area (Å²) in [5.41, 5.74) is 7.15. The molecule has 1 saturated heterocycles. The van der Waals surface area contributed by atoms with Gasteiger partial charge in [-0.3, -0.25) is 4.79 Å². The van der Waals surface area contributed by atoms with Gasteiger partial charge in [-0.05, 0) is 26.7 Å². The van der Waals surface area contributed by atoms with Crippen LogP contribution in [0.1, 0.15) is 32.7 Å². The van der Waals surface area contributed by atoms with Crippen molar-refractivity contribution in [3.63, 3.8) is 0 Å². The number of rotatable bonds is 2. The lowest BCUT2D eigenvalue weighted by molar-refractivity contribution is -0.138. The van der Waals surface area contributed by atoms with Gasteiger partial charge in [0.15, 0.2) is 0 Å². The molecule has 1 aliphatic carbocycles. The van der Waals surface area contributed by atoms with E-state index < -0.39 is 0 Å². The van der Waals surface area contributed by atoms with Crippen LogP contribution < -0.4 is 5.73 Å². The molecule has 4 atom stereocenters. The van der Waals surface area contributed by atoms with Gasteiger partial charge < -0.3 is 10.6 Å². The fraction of sp³-hybridized carbons (Fsp3) is 0.562. The smallest absolute Gasteiger partial charge is 0.232 e. The Balaban J connectivity index is 1.86. The number of amides is 1. The van der Waals surface area contributed by atoms with Crippen molar-refractivity contribution in [1.29, 1.82) is 0 Å². The molecule has 2 heterocycles. The Hall–Kier alpha value is -1.95. The maximum Gasteiger partial charge on any atom is 0.232 e. The number of nitrogens with two attached hydrogens (primary N) is 1. The highest BCUT2D eigenvalue weighted by Crippen LogP contribution is 2.30. The van der Waals surface area contributed by atoms with Crippen LogP contribution in [0.3, 0.4) is 0 Å². The summed E-state index contributed by atoms with van der Waals surface area (Å²) in [5, 5.41) is 8.41. The molecule has 1 fully saturated rings. The van der Waals surface area contributed by atoms with Crippen LogP contribution in [-0.2, 0) is 4.79 Å². The summed E-state index contributed by atoms with van der Waals surface area (Å²) < 4.78 is 0. The molecule has 1 aliphatic heterocycles. The minimum atomic E-state index is -0.273. The van der Waals surface area contributed by atoms with Gasteiger partial charge in [0, 0.05) is 18.6 Å². The van der Waals surface area contributed by atoms with Crippen LogP contribution in [0.25, 0.3) is 0 Å². The summed E-state index contributed by atoms with van der Waals surface area (Å²) >= 11 is 0. The second kappa shape index (κ2) is 6.04. The van der Waals surface area contributed by atoms with Gasteiger partial charge in [0.05, 0.1) is 18.3 Å². The van der Waals surface area contributed by atoms with E-state index in [1.54, 1.807) is 17.2 Å². The molecule has 0 saturated carbocycles. The zero-order valence-electron chi connectivity index (χ0n) is 13.1. The number of carbonyl (C=O) groups is 1. The van der Waals surface area contributed by atoms with Crippen LogP contribution in [0, 0.1) is 5.92 Å². The third kappa shape index (κ3) is 2.83. The molecule has 2 N–H and O–H groups in total. The number of allylic oxidation sites excluding steroid dienone is 3. The molecule has 6 nitrogen and oxygen atoms in total. The summed E-state index contributed by atoms with van der Waals surface area (Å²) in [6, 6.07) is 0.139. The molecule has 1 aromatic rings. The summed E-state index contributed by atoms with van der Waals surface area (Å²) in [6.45, 7) is 4.74. The molecule has 1 aromatic heterocycles. The molecular formula is C16H23N5O. The highest BCUT2D eigenvalue weighted by molar-refractivity contribution is 5.82. The predicted molar refractivity (Wildman–Crippen MR) is 83.8 cm³/mol. The fourth-order valence-corrected chi connectivity index (χ4v) is 3.26. The van der Waals surface area contributed by atoms with E-state index >= 15 is 0 Å². The largest absolute Gasteiger partial charge is 0.338 e. The number of piperidine rings is 1. The van der Waals surface area contributed by atoms with E-state index in [0.29, 0.717) is 6.54 Å². The van der Waals surface area contributed by atoms with E-state index in [1.807, 2.05) is 30.1 Å². The minimum absolute atomic E-state index is 0.0747. The van der Waals surface area contributed by atoms with Crippen LogP contribution >= 0.6 is 0 Å². The highest BCUT2D eigenvalue weighted by Gasteiger charge is 2.36. The minimum Gasteiger partial charge on any atom is -0.338 e. The Labute approximate surface area is 130 Å². The SMILES string of the molecule is CC1=CC(C(=O)N2CC(N)CCC2C)C(n2nccn2)C=C1. The molecular weight excluding hydrogens is 278 g/mol. The molecule has 0 spiro atoms. The topological polar surface area (TPSA) is 77.0 Å². The quantitative estimate of drug-likeness (QED) is 0.893. The molecule has 22 heavy (non-hydrogen) atoms. The van der Waals surface area contributed by atoms with Gasteiger partial charge in [0.25, 0.3) is 0 Å². The average molecular weight is 301 g/mol. The number of likely N-dealkylation sites (tertiary alicyclic amines) is 1. The van der Waals surface area contributed by atoms with E-state index in [4.69, 9.17) is 5.73 Å².